The van der Waals surface area contributed by atoms with Gasteiger partial charge in [0.15, 0.2) is 22.7 Å². The molecule has 10 heteroatoms. The molecule has 4 aromatic rings. The van der Waals surface area contributed by atoms with Crippen molar-refractivity contribution in [3.63, 3.8) is 0 Å². The first-order valence-electron chi connectivity index (χ1n) is 10.9. The molecule has 0 aliphatic heterocycles. The molecule has 0 aliphatic carbocycles. The van der Waals surface area contributed by atoms with E-state index in [0.29, 0.717) is 44.6 Å². The quantitative estimate of drug-likeness (QED) is 0.331. The predicted molar refractivity (Wildman–Crippen MR) is 135 cm³/mol. The van der Waals surface area contributed by atoms with E-state index in [-0.39, 0.29) is 22.8 Å². The van der Waals surface area contributed by atoms with Gasteiger partial charge in [0.05, 0.1) is 16.0 Å². The lowest BCUT2D eigenvalue weighted by Crippen LogP contribution is -2.21. The molecule has 2 aromatic carbocycles. The fourth-order valence-corrected chi connectivity index (χ4v) is 4.59. The van der Waals surface area contributed by atoms with Gasteiger partial charge in [-0.3, -0.25) is 14.4 Å². The highest BCUT2D eigenvalue weighted by atomic mass is 32.1. The van der Waals surface area contributed by atoms with Crippen molar-refractivity contribution in [3.8, 4) is 17.2 Å². The molecule has 0 fully saturated rings. The number of nitrogens with one attached hydrogen (secondary N) is 2. The Bertz CT molecular complexity index is 1580. The van der Waals surface area contributed by atoms with Gasteiger partial charge in [-0.2, -0.15) is 0 Å². The molecule has 0 saturated heterocycles. The summed E-state index contributed by atoms with van der Waals surface area (Å²) in [5.41, 5.74) is 0.878. The number of rotatable bonds is 7. The molecule has 0 saturated carbocycles. The summed E-state index contributed by atoms with van der Waals surface area (Å²) in [5.74, 6) is -2.48. The van der Waals surface area contributed by atoms with E-state index in [1.807, 2.05) is 0 Å². The number of fused-ring (bicyclic) bond motifs is 1. The van der Waals surface area contributed by atoms with E-state index in [2.05, 4.69) is 17.2 Å². The van der Waals surface area contributed by atoms with Crippen LogP contribution in [0.1, 0.15) is 22.2 Å². The van der Waals surface area contributed by atoms with Gasteiger partial charge in [0.2, 0.25) is 5.91 Å². The molecule has 0 spiro atoms. The number of anilines is 1. The van der Waals surface area contributed by atoms with E-state index >= 15 is 0 Å². The minimum Gasteiger partial charge on any atom is -0.452 e. The molecule has 0 bridgehead atoms. The summed E-state index contributed by atoms with van der Waals surface area (Å²) in [6.45, 7) is 7.28. The van der Waals surface area contributed by atoms with Crippen molar-refractivity contribution < 1.29 is 23.1 Å². The van der Waals surface area contributed by atoms with Crippen LogP contribution in [0, 0.1) is 18.6 Å². The van der Waals surface area contributed by atoms with E-state index in [9.17, 15) is 23.2 Å². The van der Waals surface area contributed by atoms with Crippen LogP contribution in [0.15, 0.2) is 66.1 Å². The number of hydrogen-bond donors (Lipinski definition) is 2. The summed E-state index contributed by atoms with van der Waals surface area (Å²) in [7, 11) is 0. The lowest BCUT2D eigenvalue weighted by Gasteiger charge is -2.17. The Morgan fingerprint density at radius 2 is 1.89 bits per heavy atom. The van der Waals surface area contributed by atoms with E-state index < -0.39 is 17.5 Å². The molecular formula is C26H21F2N3O4S. The SMILES string of the molecule is C=CC(=O)Nc1ccc(Oc2ccc(F)cc2F)c(-n2cc(C)c(=O)c3cc(C(=O)NCC)sc32)c1. The molecule has 184 valence electrons. The molecule has 0 radical (unpaired) electrons. The molecule has 2 aromatic heterocycles. The zero-order valence-corrected chi connectivity index (χ0v) is 20.2. The minimum absolute atomic E-state index is 0.161. The van der Waals surface area contributed by atoms with E-state index in [4.69, 9.17) is 4.74 Å². The number of carbonyl (C=O) groups excluding carboxylic acids is 2. The number of thiophene rings is 1. The first-order chi connectivity index (χ1) is 17.2. The van der Waals surface area contributed by atoms with Gasteiger partial charge in [-0.1, -0.05) is 6.58 Å². The van der Waals surface area contributed by atoms with Crippen molar-refractivity contribution in [2.75, 3.05) is 11.9 Å². The van der Waals surface area contributed by atoms with Gasteiger partial charge in [-0.05, 0) is 56.3 Å². The van der Waals surface area contributed by atoms with Crippen LogP contribution in [0.25, 0.3) is 15.9 Å². The number of amides is 2. The number of ether oxygens (including phenoxy) is 1. The van der Waals surface area contributed by atoms with Crippen LogP contribution in [-0.4, -0.2) is 22.9 Å². The molecule has 7 nitrogen and oxygen atoms in total. The van der Waals surface area contributed by atoms with E-state index in [1.165, 1.54) is 12.1 Å². The Hall–Kier alpha value is -4.31. The molecule has 0 aliphatic rings. The highest BCUT2D eigenvalue weighted by Crippen LogP contribution is 2.35. The number of aryl methyl sites for hydroxylation is 1. The average Bonchev–Trinajstić information content (AvgIpc) is 3.30. The number of nitrogens with zero attached hydrogens (tertiary/aromatic N) is 1. The fraction of sp³-hybridized carbons (Fsp3) is 0.115. The minimum atomic E-state index is -0.902. The van der Waals surface area contributed by atoms with Gasteiger partial charge >= 0.3 is 0 Å². The topological polar surface area (TPSA) is 89.4 Å². The molecular weight excluding hydrogens is 488 g/mol. The van der Waals surface area contributed by atoms with Crippen LogP contribution < -0.4 is 20.8 Å². The van der Waals surface area contributed by atoms with E-state index in [1.54, 1.807) is 36.7 Å². The maximum atomic E-state index is 14.4. The summed E-state index contributed by atoms with van der Waals surface area (Å²) in [6, 6.07) is 9.08. The van der Waals surface area contributed by atoms with Gasteiger partial charge in [-0.25, -0.2) is 8.78 Å². The molecule has 4 rings (SSSR count). The second-order valence-corrected chi connectivity index (χ2v) is 8.78. The summed E-state index contributed by atoms with van der Waals surface area (Å²) < 4.78 is 35.2. The van der Waals surface area contributed by atoms with E-state index in [0.717, 1.165) is 29.5 Å². The average molecular weight is 510 g/mol. The molecule has 2 amide bonds. The summed E-state index contributed by atoms with van der Waals surface area (Å²) in [4.78, 5) is 38.0. The third-order valence-electron chi connectivity index (χ3n) is 5.20. The number of pyridine rings is 1. The molecule has 36 heavy (non-hydrogen) atoms. The van der Waals surface area contributed by atoms with Crippen molar-refractivity contribution in [1.29, 1.82) is 0 Å². The number of carbonyl (C=O) groups is 2. The Labute approximate surface area is 208 Å². The zero-order chi connectivity index (χ0) is 26.0. The second-order valence-electron chi connectivity index (χ2n) is 7.75. The van der Waals surface area contributed by atoms with Gasteiger partial charge in [0.25, 0.3) is 5.91 Å². The predicted octanol–water partition coefficient (Wildman–Crippen LogP) is 5.31. The summed E-state index contributed by atoms with van der Waals surface area (Å²) in [6.07, 6.45) is 2.68. The molecule has 2 heterocycles. The monoisotopic (exact) mass is 509 g/mol. The normalized spacial score (nSPS) is 10.8. The van der Waals surface area contributed by atoms with Crippen LogP contribution in [-0.2, 0) is 4.79 Å². The molecule has 0 atom stereocenters. The van der Waals surface area contributed by atoms with Crippen LogP contribution in [0.4, 0.5) is 14.5 Å². The number of halogens is 2. The standard InChI is InChI=1S/C26H21F2N3O4S/c1-4-23(32)30-16-7-9-21(35-20-8-6-15(27)10-18(20)28)19(11-16)31-13-14(3)24(33)17-12-22(36-26(17)31)25(34)29-5-2/h4,6-13H,1,5H2,2-3H3,(H,29,34)(H,30,32). The van der Waals surface area contributed by atoms with Crippen molar-refractivity contribution in [1.82, 2.24) is 9.88 Å². The Morgan fingerprint density at radius 1 is 1.14 bits per heavy atom. The maximum Gasteiger partial charge on any atom is 0.261 e. The largest absolute Gasteiger partial charge is 0.452 e. The third kappa shape index (κ3) is 4.89. The van der Waals surface area contributed by atoms with Crippen LogP contribution >= 0.6 is 11.3 Å². The third-order valence-corrected chi connectivity index (χ3v) is 6.34. The number of aromatic nitrogens is 1. The molecule has 0 unspecified atom stereocenters. The maximum absolute atomic E-state index is 14.4. The van der Waals surface area contributed by atoms with Gasteiger partial charge in [-0.15, -0.1) is 11.3 Å². The van der Waals surface area contributed by atoms with Gasteiger partial charge in [0, 0.05) is 30.1 Å². The van der Waals surface area contributed by atoms with Crippen LogP contribution in [0.5, 0.6) is 11.5 Å². The summed E-state index contributed by atoms with van der Waals surface area (Å²) in [5, 5.41) is 5.69. The highest BCUT2D eigenvalue weighted by Gasteiger charge is 2.19. The lowest BCUT2D eigenvalue weighted by molar-refractivity contribution is -0.111. The first kappa shape index (κ1) is 24.8. The fourth-order valence-electron chi connectivity index (χ4n) is 3.52. The Morgan fingerprint density at radius 3 is 2.58 bits per heavy atom. The van der Waals surface area contributed by atoms with Crippen molar-refractivity contribution in [2.24, 2.45) is 0 Å². The highest BCUT2D eigenvalue weighted by molar-refractivity contribution is 7.20. The van der Waals surface area contributed by atoms with Crippen LogP contribution in [0.3, 0.4) is 0 Å². The number of hydrogen-bond acceptors (Lipinski definition) is 5. The van der Waals surface area contributed by atoms with Gasteiger partial charge < -0.3 is 19.9 Å². The lowest BCUT2D eigenvalue weighted by atomic mass is 10.2. The van der Waals surface area contributed by atoms with Crippen molar-refractivity contribution in [3.05, 3.63) is 93.6 Å². The van der Waals surface area contributed by atoms with Gasteiger partial charge in [0.1, 0.15) is 10.6 Å². The molecule has 2 N–H and O–H groups in total. The smallest absolute Gasteiger partial charge is 0.261 e. The Balaban J connectivity index is 1.95. The van der Waals surface area contributed by atoms with Crippen molar-refractivity contribution in [2.45, 2.75) is 13.8 Å². The van der Waals surface area contributed by atoms with Crippen molar-refractivity contribution >= 4 is 39.1 Å². The Kier molecular flexibility index (Phi) is 6.98. The van der Waals surface area contributed by atoms with Crippen LogP contribution in [0.2, 0.25) is 0 Å². The number of benzene rings is 2. The summed E-state index contributed by atoms with van der Waals surface area (Å²) >= 11 is 1.10. The second kappa shape index (κ2) is 10.1. The first-order valence-corrected chi connectivity index (χ1v) is 11.7. The zero-order valence-electron chi connectivity index (χ0n) is 19.4.